The quantitative estimate of drug-likeness (QED) is 0.883. The van der Waals surface area contributed by atoms with Crippen LogP contribution >= 0.6 is 11.8 Å². The van der Waals surface area contributed by atoms with Crippen LogP contribution < -0.4 is 5.32 Å². The molecule has 1 aromatic rings. The molecule has 1 fully saturated rings. The maximum Gasteiger partial charge on any atom is 0.252 e. The van der Waals surface area contributed by atoms with E-state index in [4.69, 9.17) is 9.26 Å². The van der Waals surface area contributed by atoms with E-state index in [2.05, 4.69) is 43.2 Å². The Balaban J connectivity index is 1.79. The second-order valence-corrected chi connectivity index (χ2v) is 7.65. The largest absolute Gasteiger partial charge is 0.363 e. The topological polar surface area (TPSA) is 60.2 Å². The van der Waals surface area contributed by atoms with Crippen molar-refractivity contribution in [2.75, 3.05) is 13.1 Å². The summed E-state index contributed by atoms with van der Waals surface area (Å²) in [6, 6.07) is 0. The summed E-state index contributed by atoms with van der Waals surface area (Å²) in [6.07, 6.45) is 0. The molecule has 0 atom stereocenters. The fraction of sp³-hybridized carbons (Fsp3) is 0.833. The lowest BCUT2D eigenvalue weighted by molar-refractivity contribution is -0.0841. The first-order chi connectivity index (χ1) is 8.36. The Morgan fingerprint density at radius 3 is 2.72 bits per heavy atom. The van der Waals surface area contributed by atoms with Gasteiger partial charge in [-0.05, 0) is 6.92 Å². The molecule has 1 aromatic heterocycles. The molecule has 1 aliphatic rings. The molecule has 0 amide bonds. The summed E-state index contributed by atoms with van der Waals surface area (Å²) >= 11 is 1.80. The summed E-state index contributed by atoms with van der Waals surface area (Å²) in [4.78, 5) is 4.33. The fourth-order valence-corrected chi connectivity index (χ4v) is 2.18. The highest BCUT2D eigenvalue weighted by atomic mass is 32.2. The van der Waals surface area contributed by atoms with Gasteiger partial charge in [-0.25, -0.2) is 0 Å². The number of hydrogen-bond acceptors (Lipinski definition) is 6. The van der Waals surface area contributed by atoms with E-state index in [0.29, 0.717) is 12.5 Å². The first-order valence-electron chi connectivity index (χ1n) is 6.16. The van der Waals surface area contributed by atoms with Crippen molar-refractivity contribution in [3.8, 4) is 0 Å². The van der Waals surface area contributed by atoms with Gasteiger partial charge in [0.15, 0.2) is 5.82 Å². The van der Waals surface area contributed by atoms with Crippen molar-refractivity contribution in [2.24, 2.45) is 0 Å². The van der Waals surface area contributed by atoms with E-state index in [1.165, 1.54) is 0 Å². The maximum absolute atomic E-state index is 5.74. The van der Waals surface area contributed by atoms with E-state index in [9.17, 15) is 0 Å². The third-order valence-electron chi connectivity index (χ3n) is 2.69. The van der Waals surface area contributed by atoms with Crippen molar-refractivity contribution < 1.29 is 9.26 Å². The third-order valence-corrected chi connectivity index (χ3v) is 3.95. The van der Waals surface area contributed by atoms with Crippen LogP contribution in [0.25, 0.3) is 0 Å². The van der Waals surface area contributed by atoms with E-state index in [1.807, 2.05) is 0 Å². The van der Waals surface area contributed by atoms with Crippen molar-refractivity contribution in [3.05, 3.63) is 11.7 Å². The molecule has 1 aliphatic heterocycles. The molecule has 1 saturated heterocycles. The van der Waals surface area contributed by atoms with Gasteiger partial charge in [0.2, 0.25) is 0 Å². The molecule has 0 unspecified atom stereocenters. The minimum atomic E-state index is -0.0746. The van der Waals surface area contributed by atoms with Crippen LogP contribution in [0.5, 0.6) is 0 Å². The first-order valence-corrected chi connectivity index (χ1v) is 7.15. The van der Waals surface area contributed by atoms with Gasteiger partial charge in [-0.2, -0.15) is 4.98 Å². The molecular formula is C12H21N3O2S. The fourth-order valence-electron chi connectivity index (χ4n) is 1.50. The second-order valence-electron chi connectivity index (χ2n) is 5.85. The molecule has 2 rings (SSSR count). The molecule has 0 bridgehead atoms. The van der Waals surface area contributed by atoms with E-state index in [1.54, 1.807) is 11.8 Å². The standard InChI is InChI=1S/C12H21N3O2S/c1-11(2,3)18-6-9-14-10(17-15-9)5-16-12(4)7-13-8-12/h13H,5-8H2,1-4H3. The lowest BCUT2D eigenvalue weighted by Gasteiger charge is -2.38. The smallest absolute Gasteiger partial charge is 0.252 e. The number of nitrogens with zero attached hydrogens (tertiary/aromatic N) is 2. The van der Waals surface area contributed by atoms with Gasteiger partial charge in [0, 0.05) is 17.8 Å². The summed E-state index contributed by atoms with van der Waals surface area (Å²) in [6.45, 7) is 10.8. The monoisotopic (exact) mass is 271 g/mol. The summed E-state index contributed by atoms with van der Waals surface area (Å²) < 4.78 is 11.1. The van der Waals surface area contributed by atoms with Gasteiger partial charge in [-0.3, -0.25) is 0 Å². The molecule has 2 heterocycles. The van der Waals surface area contributed by atoms with Gasteiger partial charge in [0.05, 0.1) is 11.4 Å². The van der Waals surface area contributed by atoms with Crippen LogP contribution in [0.2, 0.25) is 0 Å². The van der Waals surface area contributed by atoms with Crippen LogP contribution in [0, 0.1) is 0 Å². The van der Waals surface area contributed by atoms with Crippen molar-refractivity contribution in [1.82, 2.24) is 15.5 Å². The zero-order chi connectivity index (χ0) is 13.2. The molecular weight excluding hydrogens is 250 g/mol. The summed E-state index contributed by atoms with van der Waals surface area (Å²) in [5.41, 5.74) is -0.0746. The number of rotatable bonds is 5. The Kier molecular flexibility index (Phi) is 3.99. The molecule has 0 saturated carbocycles. The van der Waals surface area contributed by atoms with Gasteiger partial charge >= 0.3 is 0 Å². The van der Waals surface area contributed by atoms with Gasteiger partial charge < -0.3 is 14.6 Å². The molecule has 6 heteroatoms. The Labute approximate surface area is 112 Å². The molecule has 1 N–H and O–H groups in total. The average molecular weight is 271 g/mol. The zero-order valence-electron chi connectivity index (χ0n) is 11.4. The molecule has 5 nitrogen and oxygen atoms in total. The maximum atomic E-state index is 5.74. The third kappa shape index (κ3) is 3.96. The Morgan fingerprint density at radius 1 is 1.44 bits per heavy atom. The molecule has 0 spiro atoms. The molecule has 18 heavy (non-hydrogen) atoms. The van der Waals surface area contributed by atoms with Crippen molar-refractivity contribution in [3.63, 3.8) is 0 Å². The lowest BCUT2D eigenvalue weighted by atomic mass is 10.0. The first kappa shape index (κ1) is 13.8. The number of hydrogen-bond donors (Lipinski definition) is 1. The van der Waals surface area contributed by atoms with Crippen LogP contribution in [0.4, 0.5) is 0 Å². The highest BCUT2D eigenvalue weighted by molar-refractivity contribution is 7.99. The summed E-state index contributed by atoms with van der Waals surface area (Å²) in [5.74, 6) is 2.07. The van der Waals surface area contributed by atoms with Gasteiger partial charge in [0.1, 0.15) is 6.61 Å². The van der Waals surface area contributed by atoms with Crippen molar-refractivity contribution in [2.45, 2.75) is 50.4 Å². The number of aromatic nitrogens is 2. The van der Waals surface area contributed by atoms with Crippen LogP contribution in [0.1, 0.15) is 39.4 Å². The Bertz CT molecular complexity index is 396. The Morgan fingerprint density at radius 2 is 2.17 bits per heavy atom. The molecule has 0 radical (unpaired) electrons. The van der Waals surface area contributed by atoms with Gasteiger partial charge in [-0.1, -0.05) is 25.9 Å². The Hall–Kier alpha value is -0.590. The van der Waals surface area contributed by atoms with Crippen LogP contribution in [0.15, 0.2) is 4.52 Å². The highest BCUT2D eigenvalue weighted by Gasteiger charge is 2.33. The van der Waals surface area contributed by atoms with Gasteiger partial charge in [-0.15, -0.1) is 11.8 Å². The summed E-state index contributed by atoms with van der Waals surface area (Å²) in [7, 11) is 0. The molecule has 102 valence electrons. The second kappa shape index (κ2) is 5.19. The number of thioether (sulfide) groups is 1. The number of ether oxygens (including phenoxy) is 1. The predicted octanol–water partition coefficient (Wildman–Crippen LogP) is 1.98. The minimum absolute atomic E-state index is 0.0746. The number of nitrogens with one attached hydrogen (secondary N) is 1. The molecule has 0 aromatic carbocycles. The minimum Gasteiger partial charge on any atom is -0.363 e. The van der Waals surface area contributed by atoms with Crippen LogP contribution in [0.3, 0.4) is 0 Å². The van der Waals surface area contributed by atoms with Gasteiger partial charge in [0.25, 0.3) is 5.89 Å². The zero-order valence-corrected chi connectivity index (χ0v) is 12.3. The van der Waals surface area contributed by atoms with Crippen LogP contribution in [-0.2, 0) is 17.1 Å². The lowest BCUT2D eigenvalue weighted by Crippen LogP contribution is -2.58. The van der Waals surface area contributed by atoms with E-state index >= 15 is 0 Å². The van der Waals surface area contributed by atoms with Crippen molar-refractivity contribution in [1.29, 1.82) is 0 Å². The van der Waals surface area contributed by atoms with E-state index < -0.39 is 0 Å². The average Bonchev–Trinajstić information content (AvgIpc) is 2.68. The summed E-state index contributed by atoms with van der Waals surface area (Å²) in [5, 5.41) is 7.15. The highest BCUT2D eigenvalue weighted by Crippen LogP contribution is 2.26. The normalized spacial score (nSPS) is 18.7. The van der Waals surface area contributed by atoms with E-state index in [-0.39, 0.29) is 10.3 Å². The SMILES string of the molecule is CC1(OCc2nc(CSC(C)(C)C)no2)CNC1. The van der Waals surface area contributed by atoms with Crippen molar-refractivity contribution >= 4 is 11.8 Å². The van der Waals surface area contributed by atoms with E-state index in [0.717, 1.165) is 24.7 Å². The molecule has 0 aliphatic carbocycles. The van der Waals surface area contributed by atoms with Crippen LogP contribution in [-0.4, -0.2) is 33.6 Å². The predicted molar refractivity (Wildman–Crippen MR) is 71.4 cm³/mol.